The lowest BCUT2D eigenvalue weighted by atomic mass is 9.79. The number of aliphatic hydroxyl groups is 1. The number of carbonyl (C=O) groups excluding carboxylic acids is 3. The van der Waals surface area contributed by atoms with Gasteiger partial charge < -0.3 is 15.2 Å². The minimum Gasteiger partial charge on any atom is -0.506 e. The predicted molar refractivity (Wildman–Crippen MR) is 98.0 cm³/mol. The lowest BCUT2D eigenvalue weighted by Gasteiger charge is -2.26. The van der Waals surface area contributed by atoms with Gasteiger partial charge in [-0.1, -0.05) is 18.5 Å². The van der Waals surface area contributed by atoms with Crippen LogP contribution in [-0.2, 0) is 19.1 Å². The largest absolute Gasteiger partial charge is 0.506 e. The second-order valence-corrected chi connectivity index (χ2v) is 7.74. The third kappa shape index (κ3) is 4.13. The highest BCUT2D eigenvalue weighted by Gasteiger charge is 2.38. The third-order valence-corrected chi connectivity index (χ3v) is 4.49. The molecule has 0 radical (unpaired) electrons. The molecule has 1 unspecified atom stereocenters. The van der Waals surface area contributed by atoms with E-state index < -0.39 is 52.9 Å². The van der Waals surface area contributed by atoms with Crippen molar-refractivity contribution in [3.8, 4) is 0 Å². The molecule has 1 aromatic rings. The first-order valence-electron chi connectivity index (χ1n) is 8.31. The van der Waals surface area contributed by atoms with Gasteiger partial charge in [0.2, 0.25) is 0 Å². The first-order valence-corrected chi connectivity index (χ1v) is 8.69. The zero-order valence-electron chi connectivity index (χ0n) is 15.7. The molecular formula is C19H21ClFNO5. The normalized spacial score (nSPS) is 16.9. The van der Waals surface area contributed by atoms with Gasteiger partial charge in [0.25, 0.3) is 5.91 Å². The fourth-order valence-corrected chi connectivity index (χ4v) is 3.08. The van der Waals surface area contributed by atoms with E-state index in [9.17, 15) is 23.9 Å². The van der Waals surface area contributed by atoms with Gasteiger partial charge in [-0.2, -0.15) is 0 Å². The van der Waals surface area contributed by atoms with Gasteiger partial charge in [0.05, 0.1) is 0 Å². The lowest BCUT2D eigenvalue weighted by molar-refractivity contribution is -0.154. The number of benzene rings is 1. The number of aliphatic hydroxyl groups excluding tert-OH is 1. The molecule has 0 aliphatic heterocycles. The molecule has 0 spiro atoms. The van der Waals surface area contributed by atoms with Gasteiger partial charge in [-0.25, -0.2) is 4.39 Å². The minimum absolute atomic E-state index is 0.0110. The smallest absolute Gasteiger partial charge is 0.325 e. The summed E-state index contributed by atoms with van der Waals surface area (Å²) in [6, 6.07) is 1.07. The molecule has 0 bridgehead atoms. The van der Waals surface area contributed by atoms with E-state index in [1.54, 1.807) is 27.7 Å². The Kier molecular flexibility index (Phi) is 5.65. The standard InChI is InChI=1S/C19H21ClFNO5/c1-8-10(20)6-11(21)13-9(2)16(24)15(17(25)14(8)13)18(26)22-7-12(23)27-19(3,4)5/h6,9,25H,7H2,1-5H3,(H,22,26). The van der Waals surface area contributed by atoms with Crippen LogP contribution in [0.25, 0.3) is 5.76 Å². The molecule has 1 aliphatic rings. The number of ketones is 1. The number of Topliss-reactive ketones (excluding diaryl/α,β-unsaturated/α-hetero) is 1. The molecule has 27 heavy (non-hydrogen) atoms. The average Bonchev–Trinajstić information content (AvgIpc) is 2.52. The number of fused-ring (bicyclic) bond motifs is 1. The number of nitrogens with one attached hydrogen (secondary N) is 1. The Bertz CT molecular complexity index is 870. The number of amides is 1. The highest BCUT2D eigenvalue weighted by atomic mass is 35.5. The molecule has 8 heteroatoms. The number of halogens is 2. The molecule has 146 valence electrons. The summed E-state index contributed by atoms with van der Waals surface area (Å²) in [6.45, 7) is 7.52. The van der Waals surface area contributed by atoms with E-state index in [2.05, 4.69) is 5.32 Å². The number of hydrogen-bond donors (Lipinski definition) is 2. The molecule has 1 atom stereocenters. The molecule has 1 aliphatic carbocycles. The van der Waals surface area contributed by atoms with Gasteiger partial charge in [-0.3, -0.25) is 14.4 Å². The maximum atomic E-state index is 14.3. The number of esters is 1. The second kappa shape index (κ2) is 7.31. The predicted octanol–water partition coefficient (Wildman–Crippen LogP) is 3.20. The van der Waals surface area contributed by atoms with Crippen molar-refractivity contribution in [1.29, 1.82) is 0 Å². The van der Waals surface area contributed by atoms with E-state index in [0.29, 0.717) is 5.56 Å². The van der Waals surface area contributed by atoms with Gasteiger partial charge in [0.15, 0.2) is 5.78 Å². The second-order valence-electron chi connectivity index (χ2n) is 7.33. The van der Waals surface area contributed by atoms with Gasteiger partial charge in [-0.05, 0) is 39.3 Å². The average molecular weight is 398 g/mol. The van der Waals surface area contributed by atoms with E-state index in [1.165, 1.54) is 6.92 Å². The molecule has 2 N–H and O–H groups in total. The Labute approximate surface area is 161 Å². The molecule has 0 fully saturated rings. The molecule has 6 nitrogen and oxygen atoms in total. The van der Waals surface area contributed by atoms with Crippen molar-refractivity contribution in [2.75, 3.05) is 6.54 Å². The third-order valence-electron chi connectivity index (χ3n) is 4.10. The first-order chi connectivity index (χ1) is 12.3. The van der Waals surface area contributed by atoms with E-state index in [4.69, 9.17) is 16.3 Å². The summed E-state index contributed by atoms with van der Waals surface area (Å²) >= 11 is 5.97. The van der Waals surface area contributed by atoms with Gasteiger partial charge >= 0.3 is 5.97 Å². The quantitative estimate of drug-likeness (QED) is 0.603. The van der Waals surface area contributed by atoms with Crippen LogP contribution in [0.1, 0.15) is 50.3 Å². The highest BCUT2D eigenvalue weighted by Crippen LogP contribution is 2.40. The molecule has 0 saturated heterocycles. The summed E-state index contributed by atoms with van der Waals surface area (Å²) in [7, 11) is 0. The van der Waals surface area contributed by atoms with Crippen LogP contribution in [0, 0.1) is 12.7 Å². The van der Waals surface area contributed by atoms with E-state index >= 15 is 0 Å². The molecule has 1 aromatic carbocycles. The van der Waals surface area contributed by atoms with Crippen LogP contribution in [0.15, 0.2) is 11.6 Å². The SMILES string of the molecule is Cc1c(Cl)cc(F)c2c1C(O)=C(C(=O)NCC(=O)OC(C)(C)C)C(=O)C2C. The van der Waals surface area contributed by atoms with Crippen LogP contribution >= 0.6 is 11.6 Å². The van der Waals surface area contributed by atoms with Crippen LogP contribution < -0.4 is 5.32 Å². The molecule has 2 rings (SSSR count). The summed E-state index contributed by atoms with van der Waals surface area (Å²) in [5.74, 6) is -4.77. The maximum Gasteiger partial charge on any atom is 0.325 e. The summed E-state index contributed by atoms with van der Waals surface area (Å²) in [5, 5.41) is 12.8. The van der Waals surface area contributed by atoms with Crippen molar-refractivity contribution < 1.29 is 28.6 Å². The van der Waals surface area contributed by atoms with Gasteiger partial charge in [-0.15, -0.1) is 0 Å². The van der Waals surface area contributed by atoms with E-state index in [-0.39, 0.29) is 16.1 Å². The number of rotatable bonds is 3. The fraction of sp³-hybridized carbons (Fsp3) is 0.421. The summed E-state index contributed by atoms with van der Waals surface area (Å²) in [5.41, 5.74) is -0.911. The molecular weight excluding hydrogens is 377 g/mol. The van der Waals surface area contributed by atoms with E-state index in [0.717, 1.165) is 6.07 Å². The Balaban J connectivity index is 2.39. The van der Waals surface area contributed by atoms with Crippen molar-refractivity contribution in [1.82, 2.24) is 5.32 Å². The van der Waals surface area contributed by atoms with Gasteiger partial charge in [0.1, 0.15) is 29.3 Å². The zero-order valence-corrected chi connectivity index (χ0v) is 16.5. The Morgan fingerprint density at radius 1 is 1.37 bits per heavy atom. The monoisotopic (exact) mass is 397 g/mol. The van der Waals surface area contributed by atoms with Crippen molar-refractivity contribution in [3.63, 3.8) is 0 Å². The van der Waals surface area contributed by atoms with Crippen molar-refractivity contribution in [3.05, 3.63) is 39.2 Å². The Morgan fingerprint density at radius 3 is 2.52 bits per heavy atom. The summed E-state index contributed by atoms with van der Waals surface area (Å²) < 4.78 is 19.4. The van der Waals surface area contributed by atoms with Crippen LogP contribution in [0.3, 0.4) is 0 Å². The topological polar surface area (TPSA) is 92.7 Å². The van der Waals surface area contributed by atoms with E-state index in [1.807, 2.05) is 0 Å². The van der Waals surface area contributed by atoms with Crippen molar-refractivity contribution in [2.45, 2.75) is 46.1 Å². The lowest BCUT2D eigenvalue weighted by Crippen LogP contribution is -2.38. The van der Waals surface area contributed by atoms with Crippen LogP contribution in [-0.4, -0.2) is 34.9 Å². The van der Waals surface area contributed by atoms with Crippen LogP contribution in [0.5, 0.6) is 0 Å². The van der Waals surface area contributed by atoms with Crippen LogP contribution in [0.2, 0.25) is 5.02 Å². The Morgan fingerprint density at radius 2 is 1.96 bits per heavy atom. The van der Waals surface area contributed by atoms with Crippen LogP contribution in [0.4, 0.5) is 4.39 Å². The maximum absolute atomic E-state index is 14.3. The number of hydrogen-bond acceptors (Lipinski definition) is 5. The van der Waals surface area contributed by atoms with Crippen molar-refractivity contribution >= 4 is 35.0 Å². The molecule has 0 aromatic heterocycles. The minimum atomic E-state index is -0.992. The molecule has 1 amide bonds. The number of carbonyl (C=O) groups is 3. The zero-order chi connectivity index (χ0) is 20.7. The Hall–Kier alpha value is -2.41. The fourth-order valence-electron chi connectivity index (χ4n) is 2.89. The van der Waals surface area contributed by atoms with Gasteiger partial charge in [0, 0.05) is 22.1 Å². The summed E-state index contributed by atoms with van der Waals surface area (Å²) in [6.07, 6.45) is 0. The molecule has 0 saturated carbocycles. The van der Waals surface area contributed by atoms with Crippen molar-refractivity contribution in [2.24, 2.45) is 0 Å². The summed E-state index contributed by atoms with van der Waals surface area (Å²) in [4.78, 5) is 36.8. The highest BCUT2D eigenvalue weighted by molar-refractivity contribution is 6.32. The first kappa shape index (κ1) is 20.9. The molecule has 0 heterocycles. The number of ether oxygens (including phenoxy) is 1.